The first-order valence-electron chi connectivity index (χ1n) is 5.24. The molecule has 1 amide bonds. The zero-order valence-electron chi connectivity index (χ0n) is 8.93. The summed E-state index contributed by atoms with van der Waals surface area (Å²) in [6.45, 7) is 1.03. The van der Waals surface area contributed by atoms with Crippen molar-refractivity contribution in [3.8, 4) is 0 Å². The number of nitrogens with zero attached hydrogens (tertiary/aromatic N) is 2. The summed E-state index contributed by atoms with van der Waals surface area (Å²) in [7, 11) is 0. The molecule has 2 aromatic rings. The molecule has 0 aliphatic carbocycles. The number of aromatic amines is 2. The van der Waals surface area contributed by atoms with Crippen LogP contribution in [-0.2, 0) is 13.1 Å². The molecule has 6 heteroatoms. The van der Waals surface area contributed by atoms with E-state index in [1.165, 1.54) is 6.20 Å². The molecule has 0 spiro atoms. The first-order valence-corrected chi connectivity index (χ1v) is 5.24. The molecular formula is C11H10N4O2. The van der Waals surface area contributed by atoms with Gasteiger partial charge in [0.1, 0.15) is 5.69 Å². The summed E-state index contributed by atoms with van der Waals surface area (Å²) in [5.41, 5.74) is 1.88. The van der Waals surface area contributed by atoms with Crippen LogP contribution in [0.15, 0.2) is 29.3 Å². The summed E-state index contributed by atoms with van der Waals surface area (Å²) in [5, 5.41) is 0. The first-order chi connectivity index (χ1) is 8.24. The molecule has 1 aliphatic rings. The normalized spacial score (nSPS) is 13.8. The van der Waals surface area contributed by atoms with Crippen LogP contribution in [-0.4, -0.2) is 25.8 Å². The van der Waals surface area contributed by atoms with Crippen molar-refractivity contribution in [2.24, 2.45) is 0 Å². The number of carbonyl (C=O) groups is 1. The molecule has 86 valence electrons. The molecule has 2 N–H and O–H groups in total. The van der Waals surface area contributed by atoms with Crippen LogP contribution in [0, 0.1) is 0 Å². The Labute approximate surface area is 96.3 Å². The third-order valence-corrected chi connectivity index (χ3v) is 2.80. The maximum atomic E-state index is 12.0. The fourth-order valence-electron chi connectivity index (χ4n) is 1.96. The van der Waals surface area contributed by atoms with Crippen LogP contribution in [0.4, 0.5) is 0 Å². The van der Waals surface area contributed by atoms with Crippen molar-refractivity contribution < 1.29 is 4.79 Å². The maximum absolute atomic E-state index is 12.0. The highest BCUT2D eigenvalue weighted by atomic mass is 16.2. The predicted molar refractivity (Wildman–Crippen MR) is 59.2 cm³/mol. The number of pyridine rings is 1. The maximum Gasteiger partial charge on any atom is 0.323 e. The summed E-state index contributed by atoms with van der Waals surface area (Å²) in [4.78, 5) is 33.7. The number of imidazole rings is 1. The molecule has 0 bridgehead atoms. The minimum Gasteiger partial charge on any atom is -0.327 e. The molecule has 6 nitrogen and oxygen atoms in total. The van der Waals surface area contributed by atoms with Crippen molar-refractivity contribution >= 4 is 5.91 Å². The highest BCUT2D eigenvalue weighted by Gasteiger charge is 2.25. The van der Waals surface area contributed by atoms with Crippen LogP contribution in [0.25, 0.3) is 0 Å². The number of amides is 1. The highest BCUT2D eigenvalue weighted by Crippen LogP contribution is 2.21. The summed E-state index contributed by atoms with van der Waals surface area (Å²) < 4.78 is 0. The van der Waals surface area contributed by atoms with Gasteiger partial charge in [0, 0.05) is 18.9 Å². The average molecular weight is 230 g/mol. The molecule has 2 aromatic heterocycles. The van der Waals surface area contributed by atoms with Gasteiger partial charge in [-0.15, -0.1) is 0 Å². The second kappa shape index (κ2) is 3.58. The molecule has 3 heterocycles. The van der Waals surface area contributed by atoms with E-state index in [9.17, 15) is 9.59 Å². The molecule has 0 saturated heterocycles. The van der Waals surface area contributed by atoms with Gasteiger partial charge in [0.05, 0.1) is 12.2 Å². The fraction of sp³-hybridized carbons (Fsp3) is 0.182. The van der Waals surface area contributed by atoms with E-state index in [1.807, 2.05) is 12.1 Å². The van der Waals surface area contributed by atoms with E-state index in [4.69, 9.17) is 0 Å². The number of nitrogens with one attached hydrogen (secondary N) is 2. The zero-order valence-corrected chi connectivity index (χ0v) is 8.93. The van der Waals surface area contributed by atoms with Gasteiger partial charge < -0.3 is 14.9 Å². The molecule has 0 aromatic carbocycles. The summed E-state index contributed by atoms with van der Waals surface area (Å²) in [6, 6.07) is 3.81. The lowest BCUT2D eigenvalue weighted by molar-refractivity contribution is 0.0745. The van der Waals surface area contributed by atoms with Gasteiger partial charge in [-0.1, -0.05) is 6.07 Å². The molecule has 0 saturated carbocycles. The van der Waals surface area contributed by atoms with E-state index >= 15 is 0 Å². The van der Waals surface area contributed by atoms with Crippen molar-refractivity contribution in [1.82, 2.24) is 19.9 Å². The quantitative estimate of drug-likeness (QED) is 0.737. The number of H-pyrrole nitrogens is 2. The summed E-state index contributed by atoms with van der Waals surface area (Å²) in [5.74, 6) is -0.193. The molecule has 1 aliphatic heterocycles. The van der Waals surface area contributed by atoms with E-state index in [0.717, 1.165) is 11.3 Å². The topological polar surface area (TPSA) is 81.8 Å². The average Bonchev–Trinajstić information content (AvgIpc) is 2.93. The van der Waals surface area contributed by atoms with Crippen molar-refractivity contribution in [3.63, 3.8) is 0 Å². The summed E-state index contributed by atoms with van der Waals surface area (Å²) >= 11 is 0. The Morgan fingerprint density at radius 3 is 3.00 bits per heavy atom. The Kier molecular flexibility index (Phi) is 2.07. The van der Waals surface area contributed by atoms with Crippen molar-refractivity contribution in [2.45, 2.75) is 13.1 Å². The number of fused-ring (bicyclic) bond motifs is 1. The van der Waals surface area contributed by atoms with Crippen LogP contribution in [0.5, 0.6) is 0 Å². The van der Waals surface area contributed by atoms with Gasteiger partial charge in [-0.05, 0) is 11.6 Å². The van der Waals surface area contributed by atoms with E-state index in [2.05, 4.69) is 15.0 Å². The standard InChI is InChI=1S/C11H10N4O2/c16-10(8-4-13-11(17)14-8)15-5-7-2-1-3-12-9(7)6-15/h1-4H,5-6H2,(H2,13,14,17). The Morgan fingerprint density at radius 1 is 1.41 bits per heavy atom. The van der Waals surface area contributed by atoms with Crippen LogP contribution < -0.4 is 5.69 Å². The van der Waals surface area contributed by atoms with Gasteiger partial charge in [0.25, 0.3) is 5.91 Å². The van der Waals surface area contributed by atoms with Crippen molar-refractivity contribution in [1.29, 1.82) is 0 Å². The third-order valence-electron chi connectivity index (χ3n) is 2.80. The van der Waals surface area contributed by atoms with Crippen molar-refractivity contribution in [2.75, 3.05) is 0 Å². The molecule has 0 radical (unpaired) electrons. The van der Waals surface area contributed by atoms with E-state index in [1.54, 1.807) is 11.1 Å². The highest BCUT2D eigenvalue weighted by molar-refractivity contribution is 5.92. The number of rotatable bonds is 1. The van der Waals surface area contributed by atoms with E-state index < -0.39 is 0 Å². The lowest BCUT2D eigenvalue weighted by atomic mass is 10.2. The smallest absolute Gasteiger partial charge is 0.323 e. The molecule has 0 unspecified atom stereocenters. The second-order valence-corrected chi connectivity index (χ2v) is 3.93. The van der Waals surface area contributed by atoms with Gasteiger partial charge in [0.15, 0.2) is 0 Å². The minimum atomic E-state index is -0.372. The Hall–Kier alpha value is -2.37. The molecule has 3 rings (SSSR count). The van der Waals surface area contributed by atoms with E-state index in [0.29, 0.717) is 13.1 Å². The third kappa shape index (κ3) is 1.63. The lowest BCUT2D eigenvalue weighted by Gasteiger charge is -2.13. The van der Waals surface area contributed by atoms with Gasteiger partial charge in [0.2, 0.25) is 0 Å². The van der Waals surface area contributed by atoms with Crippen LogP contribution in [0.3, 0.4) is 0 Å². The lowest BCUT2D eigenvalue weighted by Crippen LogP contribution is -2.26. The number of aromatic nitrogens is 3. The fourth-order valence-corrected chi connectivity index (χ4v) is 1.96. The van der Waals surface area contributed by atoms with Gasteiger partial charge in [-0.3, -0.25) is 9.78 Å². The van der Waals surface area contributed by atoms with Crippen LogP contribution >= 0.6 is 0 Å². The summed E-state index contributed by atoms with van der Waals surface area (Å²) in [6.07, 6.45) is 3.10. The number of hydrogen-bond donors (Lipinski definition) is 2. The molecule has 17 heavy (non-hydrogen) atoms. The SMILES string of the molecule is O=C(c1c[nH]c(=O)[nH]1)N1Cc2cccnc2C1. The molecule has 0 fully saturated rings. The molecule has 0 atom stereocenters. The number of hydrogen-bond acceptors (Lipinski definition) is 3. The van der Waals surface area contributed by atoms with Crippen molar-refractivity contribution in [3.05, 3.63) is 52.0 Å². The number of carbonyl (C=O) groups excluding carboxylic acids is 1. The van der Waals surface area contributed by atoms with Gasteiger partial charge in [-0.25, -0.2) is 4.79 Å². The van der Waals surface area contributed by atoms with E-state index in [-0.39, 0.29) is 17.3 Å². The predicted octanol–water partition coefficient (Wildman–Crippen LogP) is 0.254. The van der Waals surface area contributed by atoms with Crippen LogP contribution in [0.1, 0.15) is 21.7 Å². The van der Waals surface area contributed by atoms with Gasteiger partial charge >= 0.3 is 5.69 Å². The second-order valence-electron chi connectivity index (χ2n) is 3.93. The minimum absolute atomic E-state index is 0.193. The Morgan fingerprint density at radius 2 is 2.29 bits per heavy atom. The largest absolute Gasteiger partial charge is 0.327 e. The zero-order chi connectivity index (χ0) is 11.8. The van der Waals surface area contributed by atoms with Gasteiger partial charge in [-0.2, -0.15) is 0 Å². The Balaban J connectivity index is 1.85. The monoisotopic (exact) mass is 230 g/mol. The Bertz CT molecular complexity index is 603. The van der Waals surface area contributed by atoms with Crippen LogP contribution in [0.2, 0.25) is 0 Å². The molecular weight excluding hydrogens is 220 g/mol. The first kappa shape index (κ1) is 9.83.